The van der Waals surface area contributed by atoms with Gasteiger partial charge in [-0.1, -0.05) is 38.1 Å². The quantitative estimate of drug-likeness (QED) is 0.395. The van der Waals surface area contributed by atoms with Gasteiger partial charge >= 0.3 is 5.97 Å². The molecule has 10 nitrogen and oxygen atoms in total. The predicted octanol–water partition coefficient (Wildman–Crippen LogP) is 2.38. The monoisotopic (exact) mass is 509 g/mol. The van der Waals surface area contributed by atoms with E-state index >= 15 is 0 Å². The highest BCUT2D eigenvalue weighted by atomic mass is 16.5. The third-order valence-corrected chi connectivity index (χ3v) is 6.02. The number of carboxylic acid groups (broad SMARTS) is 1. The van der Waals surface area contributed by atoms with Crippen molar-refractivity contribution in [2.24, 2.45) is 5.92 Å². The second-order valence-electron chi connectivity index (χ2n) is 9.18. The van der Waals surface area contributed by atoms with Gasteiger partial charge in [0.1, 0.15) is 29.9 Å². The average molecular weight is 510 g/mol. The topological polar surface area (TPSA) is 142 Å². The predicted molar refractivity (Wildman–Crippen MR) is 134 cm³/mol. The molecule has 196 valence electrons. The number of nitrogens with zero attached hydrogens (tertiary/aromatic N) is 1. The third kappa shape index (κ3) is 7.39. The molecule has 1 aliphatic heterocycles. The fourth-order valence-corrected chi connectivity index (χ4v) is 4.15. The summed E-state index contributed by atoms with van der Waals surface area (Å²) in [5, 5.41) is 14.1. The van der Waals surface area contributed by atoms with E-state index in [9.17, 15) is 24.0 Å². The number of ether oxygens (including phenoxy) is 1. The van der Waals surface area contributed by atoms with Gasteiger partial charge < -0.3 is 30.2 Å². The number of likely N-dealkylation sites (tertiary alicyclic amines) is 1. The lowest BCUT2D eigenvalue weighted by Crippen LogP contribution is -2.56. The Morgan fingerprint density at radius 1 is 1.05 bits per heavy atom. The zero-order chi connectivity index (χ0) is 26.9. The number of benzene rings is 2. The Morgan fingerprint density at radius 3 is 2.41 bits per heavy atom. The lowest BCUT2D eigenvalue weighted by atomic mass is 10.0. The van der Waals surface area contributed by atoms with Gasteiger partial charge in [0, 0.05) is 12.1 Å². The number of amides is 3. The van der Waals surface area contributed by atoms with E-state index in [0.29, 0.717) is 42.7 Å². The van der Waals surface area contributed by atoms with Crippen molar-refractivity contribution in [2.75, 3.05) is 6.54 Å². The molecule has 0 aromatic heterocycles. The molecule has 1 aliphatic rings. The van der Waals surface area contributed by atoms with E-state index in [1.807, 2.05) is 18.2 Å². The first kappa shape index (κ1) is 27.4. The van der Waals surface area contributed by atoms with E-state index in [1.165, 1.54) is 4.90 Å². The molecule has 0 unspecified atom stereocenters. The molecule has 3 N–H and O–H groups in total. The summed E-state index contributed by atoms with van der Waals surface area (Å²) in [5.74, 6) is -1.89. The first-order valence-electron chi connectivity index (χ1n) is 12.1. The Labute approximate surface area is 215 Å². The number of hydrogen-bond donors (Lipinski definition) is 3. The first-order chi connectivity index (χ1) is 17.7. The minimum absolute atomic E-state index is 0.278. The van der Waals surface area contributed by atoms with Crippen LogP contribution < -0.4 is 15.4 Å². The van der Waals surface area contributed by atoms with Gasteiger partial charge in [-0.05, 0) is 49.1 Å². The van der Waals surface area contributed by atoms with Crippen molar-refractivity contribution in [1.29, 1.82) is 0 Å². The molecule has 0 bridgehead atoms. The molecule has 1 heterocycles. The molecule has 0 spiro atoms. The Bertz CT molecular complexity index is 1140. The molecular weight excluding hydrogens is 478 g/mol. The largest absolute Gasteiger partial charge is 0.481 e. The van der Waals surface area contributed by atoms with E-state index in [-0.39, 0.29) is 5.92 Å². The molecule has 0 aliphatic carbocycles. The van der Waals surface area contributed by atoms with E-state index in [4.69, 9.17) is 9.84 Å². The number of nitrogens with one attached hydrogen (secondary N) is 2. The zero-order valence-corrected chi connectivity index (χ0v) is 20.8. The van der Waals surface area contributed by atoms with Crippen LogP contribution in [0.25, 0.3) is 0 Å². The van der Waals surface area contributed by atoms with Gasteiger partial charge in [-0.2, -0.15) is 0 Å². The van der Waals surface area contributed by atoms with Crippen molar-refractivity contribution in [3.05, 3.63) is 60.2 Å². The molecule has 2 aromatic rings. The zero-order valence-electron chi connectivity index (χ0n) is 20.8. The maximum atomic E-state index is 13.5. The summed E-state index contributed by atoms with van der Waals surface area (Å²) in [6.07, 6.45) is 0.744. The molecule has 0 saturated carbocycles. The third-order valence-electron chi connectivity index (χ3n) is 6.02. The Hall–Kier alpha value is -4.21. The second-order valence-corrected chi connectivity index (χ2v) is 9.18. The number of carbonyl (C=O) groups is 5. The minimum atomic E-state index is -1.22. The van der Waals surface area contributed by atoms with E-state index in [0.717, 1.165) is 0 Å². The fraction of sp³-hybridized carbons (Fsp3) is 0.370. The highest BCUT2D eigenvalue weighted by Crippen LogP contribution is 2.23. The van der Waals surface area contributed by atoms with Crippen LogP contribution >= 0.6 is 0 Å². The van der Waals surface area contributed by atoms with Gasteiger partial charge in [-0.25, -0.2) is 0 Å². The summed E-state index contributed by atoms with van der Waals surface area (Å²) < 4.78 is 5.79. The summed E-state index contributed by atoms with van der Waals surface area (Å²) >= 11 is 0. The van der Waals surface area contributed by atoms with Gasteiger partial charge in [0.2, 0.25) is 11.8 Å². The summed E-state index contributed by atoms with van der Waals surface area (Å²) in [6.45, 7) is 3.89. The van der Waals surface area contributed by atoms with Gasteiger partial charge in [-0.15, -0.1) is 0 Å². The summed E-state index contributed by atoms with van der Waals surface area (Å²) in [6, 6.07) is 12.8. The molecule has 3 rings (SSSR count). The molecule has 1 saturated heterocycles. The van der Waals surface area contributed by atoms with Crippen molar-refractivity contribution in [3.63, 3.8) is 0 Å². The molecule has 1 fully saturated rings. The van der Waals surface area contributed by atoms with E-state index < -0.39 is 48.2 Å². The molecular formula is C27H31N3O7. The molecule has 2 aromatic carbocycles. The van der Waals surface area contributed by atoms with Crippen LogP contribution in [0.4, 0.5) is 0 Å². The SMILES string of the molecule is CC(C)[C@H](NC(=O)c1cccc(Oc2ccccc2)c1)C(=O)N1CCC[C@H]1C(=O)N[C@H](C=O)CC(=O)O. The highest BCUT2D eigenvalue weighted by Gasteiger charge is 2.39. The molecule has 37 heavy (non-hydrogen) atoms. The van der Waals surface area contributed by atoms with Gasteiger partial charge in [0.25, 0.3) is 5.91 Å². The van der Waals surface area contributed by atoms with Crippen LogP contribution in [0.2, 0.25) is 0 Å². The van der Waals surface area contributed by atoms with Gasteiger partial charge in [-0.3, -0.25) is 19.2 Å². The molecule has 3 amide bonds. The molecule has 10 heteroatoms. The number of rotatable bonds is 11. The van der Waals surface area contributed by atoms with Crippen molar-refractivity contribution >= 4 is 30.0 Å². The summed E-state index contributed by atoms with van der Waals surface area (Å²) in [4.78, 5) is 62.8. The number of para-hydroxylation sites is 1. The van der Waals surface area contributed by atoms with Crippen molar-refractivity contribution in [2.45, 2.75) is 51.2 Å². The van der Waals surface area contributed by atoms with E-state index in [1.54, 1.807) is 50.2 Å². The van der Waals surface area contributed by atoms with Crippen LogP contribution in [0.15, 0.2) is 54.6 Å². The van der Waals surface area contributed by atoms with Gasteiger partial charge in [0.05, 0.1) is 12.5 Å². The summed E-state index contributed by atoms with van der Waals surface area (Å²) in [5.41, 5.74) is 0.310. The Balaban J connectivity index is 1.70. The smallest absolute Gasteiger partial charge is 0.305 e. The van der Waals surface area contributed by atoms with Crippen LogP contribution in [-0.4, -0.2) is 64.7 Å². The van der Waals surface area contributed by atoms with Crippen LogP contribution in [0.5, 0.6) is 11.5 Å². The van der Waals surface area contributed by atoms with Crippen LogP contribution in [0.3, 0.4) is 0 Å². The number of aldehydes is 1. The lowest BCUT2D eigenvalue weighted by molar-refractivity contribution is -0.142. The summed E-state index contributed by atoms with van der Waals surface area (Å²) in [7, 11) is 0. The average Bonchev–Trinajstić information content (AvgIpc) is 3.37. The van der Waals surface area contributed by atoms with E-state index in [2.05, 4.69) is 10.6 Å². The van der Waals surface area contributed by atoms with Crippen LogP contribution in [0.1, 0.15) is 43.5 Å². The van der Waals surface area contributed by atoms with Crippen LogP contribution in [-0.2, 0) is 19.2 Å². The number of hydrogen-bond acceptors (Lipinski definition) is 6. The van der Waals surface area contributed by atoms with Crippen molar-refractivity contribution in [3.8, 4) is 11.5 Å². The van der Waals surface area contributed by atoms with Crippen LogP contribution in [0, 0.1) is 5.92 Å². The standard InChI is InChI=1S/C27H31N3O7/c1-17(2)24(27(36)30-13-7-12-22(30)26(35)28-19(16-31)15-23(32)33)29-25(34)18-8-6-11-21(14-18)37-20-9-4-3-5-10-20/h3-6,8-11,14,16-17,19,22,24H,7,12-13,15H2,1-2H3,(H,28,35)(H,29,34)(H,32,33)/t19-,22-,24-/m0/s1. The lowest BCUT2D eigenvalue weighted by Gasteiger charge is -2.31. The maximum Gasteiger partial charge on any atom is 0.305 e. The molecule has 3 atom stereocenters. The normalized spacial score (nSPS) is 16.5. The Morgan fingerprint density at radius 2 is 1.76 bits per heavy atom. The number of carbonyl (C=O) groups excluding carboxylic acids is 4. The minimum Gasteiger partial charge on any atom is -0.481 e. The van der Waals surface area contributed by atoms with Gasteiger partial charge in [0.15, 0.2) is 0 Å². The fourth-order valence-electron chi connectivity index (χ4n) is 4.15. The van der Waals surface area contributed by atoms with Crippen molar-refractivity contribution < 1.29 is 33.8 Å². The maximum absolute atomic E-state index is 13.5. The second kappa shape index (κ2) is 12.7. The first-order valence-corrected chi connectivity index (χ1v) is 12.1. The van der Waals surface area contributed by atoms with Crippen molar-refractivity contribution in [1.82, 2.24) is 15.5 Å². The molecule has 0 radical (unpaired) electrons. The Kier molecular flexibility index (Phi) is 9.37. The number of aliphatic carboxylic acids is 1. The highest BCUT2D eigenvalue weighted by molar-refractivity contribution is 5.99. The number of carboxylic acids is 1.